The molecule has 0 aliphatic rings. The second-order valence-electron chi connectivity index (χ2n) is 4.68. The molecule has 3 aromatic rings. The van der Waals surface area contributed by atoms with E-state index >= 15 is 0 Å². The summed E-state index contributed by atoms with van der Waals surface area (Å²) < 4.78 is 1.65. The number of para-hydroxylation sites is 2. The van der Waals surface area contributed by atoms with E-state index in [4.69, 9.17) is 5.73 Å². The van der Waals surface area contributed by atoms with Crippen molar-refractivity contribution in [3.05, 3.63) is 41.7 Å². The van der Waals surface area contributed by atoms with Crippen molar-refractivity contribution in [3.8, 4) is 0 Å². The quantitative estimate of drug-likeness (QED) is 0.757. The Morgan fingerprint density at radius 2 is 1.90 bits per heavy atom. The van der Waals surface area contributed by atoms with Crippen LogP contribution in [-0.4, -0.2) is 19.7 Å². The molecule has 2 heterocycles. The molecule has 0 fully saturated rings. The zero-order chi connectivity index (χ0) is 14.1. The molecule has 0 aliphatic carbocycles. The van der Waals surface area contributed by atoms with Gasteiger partial charge in [0, 0.05) is 19.2 Å². The van der Waals surface area contributed by atoms with Gasteiger partial charge in [-0.3, -0.25) is 4.68 Å². The largest absolute Gasteiger partial charge is 0.384 e. The standard InChI is InChI=1S/C14H16N6/c1-9-14(16-7-10-8-17-20(2)13(10)15)19-12-6-4-3-5-11(12)18-9/h3-6,8H,7,15H2,1-2H3,(H,16,19). The highest BCUT2D eigenvalue weighted by Gasteiger charge is 2.07. The Kier molecular flexibility index (Phi) is 2.98. The van der Waals surface area contributed by atoms with Crippen LogP contribution in [0.2, 0.25) is 0 Å². The van der Waals surface area contributed by atoms with Gasteiger partial charge in [0.05, 0.1) is 22.9 Å². The van der Waals surface area contributed by atoms with Crippen molar-refractivity contribution in [2.75, 3.05) is 11.1 Å². The van der Waals surface area contributed by atoms with Crippen molar-refractivity contribution < 1.29 is 0 Å². The molecule has 3 rings (SSSR count). The molecule has 0 spiro atoms. The van der Waals surface area contributed by atoms with Crippen LogP contribution < -0.4 is 11.1 Å². The fraction of sp³-hybridized carbons (Fsp3) is 0.214. The van der Waals surface area contributed by atoms with E-state index < -0.39 is 0 Å². The minimum atomic E-state index is 0.577. The Labute approximate surface area is 116 Å². The van der Waals surface area contributed by atoms with E-state index in [1.807, 2.05) is 38.2 Å². The van der Waals surface area contributed by atoms with Crippen molar-refractivity contribution in [2.45, 2.75) is 13.5 Å². The predicted octanol–water partition coefficient (Wildman–Crippen LogP) is 1.87. The molecular formula is C14H16N6. The number of nitrogens with zero attached hydrogens (tertiary/aromatic N) is 4. The van der Waals surface area contributed by atoms with E-state index in [2.05, 4.69) is 20.4 Å². The van der Waals surface area contributed by atoms with Crippen LogP contribution in [0.25, 0.3) is 11.0 Å². The van der Waals surface area contributed by atoms with E-state index in [1.54, 1.807) is 10.9 Å². The first-order chi connectivity index (χ1) is 9.65. The van der Waals surface area contributed by atoms with Crippen LogP contribution in [0.3, 0.4) is 0 Å². The molecule has 0 atom stereocenters. The molecule has 6 heteroatoms. The van der Waals surface area contributed by atoms with Crippen molar-refractivity contribution in [3.63, 3.8) is 0 Å². The SMILES string of the molecule is Cc1nc2ccccc2nc1NCc1cnn(C)c1N. The maximum atomic E-state index is 5.92. The van der Waals surface area contributed by atoms with Gasteiger partial charge in [-0.25, -0.2) is 9.97 Å². The minimum Gasteiger partial charge on any atom is -0.384 e. The normalized spacial score (nSPS) is 10.9. The highest BCUT2D eigenvalue weighted by Crippen LogP contribution is 2.17. The lowest BCUT2D eigenvalue weighted by Gasteiger charge is -2.09. The number of nitrogens with two attached hydrogens (primary N) is 1. The fourth-order valence-electron chi connectivity index (χ4n) is 2.06. The van der Waals surface area contributed by atoms with Gasteiger partial charge in [-0.15, -0.1) is 0 Å². The lowest BCUT2D eigenvalue weighted by Crippen LogP contribution is -2.07. The number of aromatic nitrogens is 4. The van der Waals surface area contributed by atoms with E-state index in [0.717, 1.165) is 28.1 Å². The highest BCUT2D eigenvalue weighted by atomic mass is 15.3. The first-order valence-electron chi connectivity index (χ1n) is 6.39. The molecule has 0 bridgehead atoms. The first-order valence-corrected chi connectivity index (χ1v) is 6.39. The number of hydrogen-bond donors (Lipinski definition) is 2. The molecule has 6 nitrogen and oxygen atoms in total. The smallest absolute Gasteiger partial charge is 0.148 e. The first kappa shape index (κ1) is 12.4. The van der Waals surface area contributed by atoms with Crippen molar-refractivity contribution >= 4 is 22.7 Å². The summed E-state index contributed by atoms with van der Waals surface area (Å²) in [7, 11) is 1.82. The van der Waals surface area contributed by atoms with Gasteiger partial charge >= 0.3 is 0 Å². The van der Waals surface area contributed by atoms with Gasteiger partial charge in [0.2, 0.25) is 0 Å². The number of anilines is 2. The monoisotopic (exact) mass is 268 g/mol. The second-order valence-corrected chi connectivity index (χ2v) is 4.68. The lowest BCUT2D eigenvalue weighted by molar-refractivity contribution is 0.778. The second kappa shape index (κ2) is 4.80. The molecule has 1 aromatic carbocycles. The number of rotatable bonds is 3. The summed E-state index contributed by atoms with van der Waals surface area (Å²) in [5.74, 6) is 1.43. The Hall–Kier alpha value is -2.63. The van der Waals surface area contributed by atoms with Gasteiger partial charge in [-0.2, -0.15) is 5.10 Å². The Morgan fingerprint density at radius 3 is 2.55 bits per heavy atom. The Morgan fingerprint density at radius 1 is 1.20 bits per heavy atom. The third kappa shape index (κ3) is 2.16. The summed E-state index contributed by atoms with van der Waals surface area (Å²) in [5, 5.41) is 7.39. The number of fused-ring (bicyclic) bond motifs is 1. The fourth-order valence-corrected chi connectivity index (χ4v) is 2.06. The summed E-state index contributed by atoms with van der Waals surface area (Å²) in [6.45, 7) is 2.52. The van der Waals surface area contributed by atoms with Crippen LogP contribution >= 0.6 is 0 Å². The third-order valence-electron chi connectivity index (χ3n) is 3.26. The van der Waals surface area contributed by atoms with E-state index in [0.29, 0.717) is 12.4 Å². The highest BCUT2D eigenvalue weighted by molar-refractivity contribution is 5.76. The van der Waals surface area contributed by atoms with Gasteiger partial charge in [0.15, 0.2) is 0 Å². The van der Waals surface area contributed by atoms with Crippen LogP contribution in [0.5, 0.6) is 0 Å². The van der Waals surface area contributed by atoms with Crippen LogP contribution in [0.15, 0.2) is 30.5 Å². The van der Waals surface area contributed by atoms with Gasteiger partial charge in [0.1, 0.15) is 11.6 Å². The van der Waals surface area contributed by atoms with Crippen molar-refractivity contribution in [2.24, 2.45) is 7.05 Å². The van der Waals surface area contributed by atoms with Crippen molar-refractivity contribution in [1.82, 2.24) is 19.7 Å². The maximum Gasteiger partial charge on any atom is 0.148 e. The van der Waals surface area contributed by atoms with Crippen molar-refractivity contribution in [1.29, 1.82) is 0 Å². The van der Waals surface area contributed by atoms with Gasteiger partial charge < -0.3 is 11.1 Å². The van der Waals surface area contributed by atoms with Gasteiger partial charge in [0.25, 0.3) is 0 Å². The number of benzene rings is 1. The van der Waals surface area contributed by atoms with Gasteiger partial charge in [-0.1, -0.05) is 12.1 Å². The molecule has 20 heavy (non-hydrogen) atoms. The summed E-state index contributed by atoms with van der Waals surface area (Å²) in [5.41, 5.74) is 9.51. The van der Waals surface area contributed by atoms with Crippen LogP contribution in [0.4, 0.5) is 11.6 Å². The molecule has 0 saturated heterocycles. The number of nitrogens with one attached hydrogen (secondary N) is 1. The topological polar surface area (TPSA) is 81.7 Å². The summed E-state index contributed by atoms with van der Waals surface area (Å²) in [4.78, 5) is 9.12. The maximum absolute atomic E-state index is 5.92. The molecule has 0 radical (unpaired) electrons. The molecule has 0 saturated carbocycles. The summed E-state index contributed by atoms with van der Waals surface area (Å²) in [6, 6.07) is 7.82. The van der Waals surface area contributed by atoms with E-state index in [9.17, 15) is 0 Å². The molecular weight excluding hydrogens is 252 g/mol. The average Bonchev–Trinajstić information content (AvgIpc) is 2.76. The minimum absolute atomic E-state index is 0.577. The molecule has 0 unspecified atom stereocenters. The number of aryl methyl sites for hydroxylation is 2. The molecule has 2 aromatic heterocycles. The van der Waals surface area contributed by atoms with Gasteiger partial charge in [-0.05, 0) is 19.1 Å². The van der Waals surface area contributed by atoms with Crippen LogP contribution in [0.1, 0.15) is 11.3 Å². The molecule has 102 valence electrons. The zero-order valence-electron chi connectivity index (χ0n) is 11.5. The van der Waals surface area contributed by atoms with E-state index in [1.165, 1.54) is 0 Å². The Balaban J connectivity index is 1.87. The average molecular weight is 268 g/mol. The molecule has 3 N–H and O–H groups in total. The zero-order valence-corrected chi connectivity index (χ0v) is 11.5. The third-order valence-corrected chi connectivity index (χ3v) is 3.26. The lowest BCUT2D eigenvalue weighted by atomic mass is 10.3. The molecule has 0 aliphatic heterocycles. The summed E-state index contributed by atoms with van der Waals surface area (Å²) in [6.07, 6.45) is 1.76. The molecule has 0 amide bonds. The van der Waals surface area contributed by atoms with Crippen LogP contribution in [-0.2, 0) is 13.6 Å². The summed E-state index contributed by atoms with van der Waals surface area (Å²) >= 11 is 0. The predicted molar refractivity (Wildman–Crippen MR) is 79.2 cm³/mol. The Bertz CT molecular complexity index is 761. The number of nitrogen functional groups attached to an aromatic ring is 1. The number of hydrogen-bond acceptors (Lipinski definition) is 5. The van der Waals surface area contributed by atoms with Crippen LogP contribution in [0, 0.1) is 6.92 Å². The van der Waals surface area contributed by atoms with E-state index in [-0.39, 0.29) is 0 Å².